The Morgan fingerprint density at radius 3 is 2.56 bits per heavy atom. The van der Waals surface area contributed by atoms with Gasteiger partial charge >= 0.3 is 0 Å². The molecule has 8 heteroatoms. The van der Waals surface area contributed by atoms with Crippen molar-refractivity contribution in [2.75, 3.05) is 51.3 Å². The number of benzene rings is 2. The summed E-state index contributed by atoms with van der Waals surface area (Å²) in [6.07, 6.45) is 0. The lowest BCUT2D eigenvalue weighted by atomic mass is 10.1. The Labute approximate surface area is 194 Å². The second-order valence-corrected chi connectivity index (χ2v) is 7.95. The van der Waals surface area contributed by atoms with Crippen LogP contribution in [0.4, 0.5) is 5.69 Å². The molecule has 0 spiro atoms. The molecule has 1 heterocycles. The summed E-state index contributed by atoms with van der Waals surface area (Å²) in [5, 5.41) is 3.20. The van der Waals surface area contributed by atoms with Crippen LogP contribution in [0, 0.1) is 0 Å². The van der Waals surface area contributed by atoms with E-state index in [1.807, 2.05) is 32.0 Å². The summed E-state index contributed by atoms with van der Waals surface area (Å²) in [6.45, 7) is 9.07. The van der Waals surface area contributed by atoms with Crippen LogP contribution in [-0.4, -0.2) is 67.6 Å². The number of nitrogens with zero attached hydrogens (tertiary/aromatic N) is 2. The molecule has 3 rings (SSSR count). The van der Waals surface area contributed by atoms with Gasteiger partial charge in [0.15, 0.2) is 6.61 Å². The molecule has 172 valence electrons. The average Bonchev–Trinajstić information content (AvgIpc) is 2.80. The summed E-state index contributed by atoms with van der Waals surface area (Å²) in [5.74, 6) is 0.0911. The molecule has 2 aromatic rings. The highest BCUT2D eigenvalue weighted by atomic mass is 35.5. The Morgan fingerprint density at radius 1 is 1.12 bits per heavy atom. The minimum atomic E-state index is -0.213. The van der Waals surface area contributed by atoms with E-state index in [2.05, 4.69) is 10.2 Å². The first-order chi connectivity index (χ1) is 15.5. The number of likely N-dealkylation sites (N-methyl/N-ethyl adjacent to an activating group) is 1. The predicted molar refractivity (Wildman–Crippen MR) is 125 cm³/mol. The molecule has 2 amide bonds. The standard InChI is InChI=1S/C24H30ClN3O4/c1-3-28(4-2)23(29)17-32-22-9-8-20(15-21(22)25)26-24(30)19-7-5-6-18(14-19)16-27-10-12-31-13-11-27/h5-9,14-15H,3-4,10-13,16-17H2,1-2H3,(H,26,30). The monoisotopic (exact) mass is 459 g/mol. The second kappa shape index (κ2) is 11.9. The predicted octanol–water partition coefficient (Wildman–Crippen LogP) is 3.67. The van der Waals surface area contributed by atoms with Crippen molar-refractivity contribution in [1.29, 1.82) is 0 Å². The van der Waals surface area contributed by atoms with Gasteiger partial charge in [0.1, 0.15) is 5.75 Å². The highest BCUT2D eigenvalue weighted by molar-refractivity contribution is 6.32. The number of halogens is 1. The van der Waals surface area contributed by atoms with Crippen molar-refractivity contribution in [3.05, 3.63) is 58.6 Å². The third-order valence-electron chi connectivity index (χ3n) is 5.36. The molecular weight excluding hydrogens is 430 g/mol. The molecule has 1 fully saturated rings. The first kappa shape index (κ1) is 24.0. The molecule has 2 aromatic carbocycles. The molecule has 0 unspecified atom stereocenters. The fourth-order valence-electron chi connectivity index (χ4n) is 3.53. The Hall–Kier alpha value is -2.61. The van der Waals surface area contributed by atoms with Gasteiger partial charge in [0, 0.05) is 44.0 Å². The second-order valence-electron chi connectivity index (χ2n) is 7.54. The zero-order valence-corrected chi connectivity index (χ0v) is 19.4. The first-order valence-electron chi connectivity index (χ1n) is 10.9. The third-order valence-corrected chi connectivity index (χ3v) is 5.65. The Bertz CT molecular complexity index is 927. The van der Waals surface area contributed by atoms with Gasteiger partial charge in [-0.2, -0.15) is 0 Å². The minimum absolute atomic E-state index is 0.0803. The van der Waals surface area contributed by atoms with Gasteiger partial charge in [-0.15, -0.1) is 0 Å². The van der Waals surface area contributed by atoms with Crippen molar-refractivity contribution in [3.8, 4) is 5.75 Å². The zero-order valence-electron chi connectivity index (χ0n) is 18.6. The normalized spacial score (nSPS) is 14.1. The van der Waals surface area contributed by atoms with Crippen molar-refractivity contribution < 1.29 is 19.1 Å². The molecule has 1 saturated heterocycles. The molecule has 0 bridgehead atoms. The number of ether oxygens (including phenoxy) is 2. The summed E-state index contributed by atoms with van der Waals surface area (Å²) >= 11 is 6.31. The van der Waals surface area contributed by atoms with Crippen molar-refractivity contribution >= 4 is 29.1 Å². The number of carbonyl (C=O) groups excluding carboxylic acids is 2. The molecule has 0 aromatic heterocycles. The molecule has 0 aliphatic carbocycles. The van der Waals surface area contributed by atoms with E-state index in [0.717, 1.165) is 38.4 Å². The Balaban J connectivity index is 1.58. The summed E-state index contributed by atoms with van der Waals surface area (Å²) in [6, 6.07) is 12.6. The van der Waals surface area contributed by atoms with E-state index in [1.165, 1.54) is 0 Å². The van der Waals surface area contributed by atoms with Crippen LogP contribution in [0.15, 0.2) is 42.5 Å². The van der Waals surface area contributed by atoms with Gasteiger partial charge in [-0.3, -0.25) is 14.5 Å². The van der Waals surface area contributed by atoms with E-state index in [0.29, 0.717) is 35.1 Å². The van der Waals surface area contributed by atoms with Crippen LogP contribution in [0.2, 0.25) is 5.02 Å². The van der Waals surface area contributed by atoms with Gasteiger partial charge in [0.2, 0.25) is 0 Å². The topological polar surface area (TPSA) is 71.1 Å². The molecular formula is C24H30ClN3O4. The number of hydrogen-bond acceptors (Lipinski definition) is 5. The fourth-order valence-corrected chi connectivity index (χ4v) is 3.77. The third kappa shape index (κ3) is 6.69. The minimum Gasteiger partial charge on any atom is -0.482 e. The summed E-state index contributed by atoms with van der Waals surface area (Å²) in [5.41, 5.74) is 2.22. The van der Waals surface area contributed by atoms with E-state index in [4.69, 9.17) is 21.1 Å². The zero-order chi connectivity index (χ0) is 22.9. The lowest BCUT2D eigenvalue weighted by Gasteiger charge is -2.26. The van der Waals surface area contributed by atoms with Gasteiger partial charge in [-0.25, -0.2) is 0 Å². The van der Waals surface area contributed by atoms with E-state index in [1.54, 1.807) is 29.2 Å². The van der Waals surface area contributed by atoms with Gasteiger partial charge in [0.25, 0.3) is 11.8 Å². The Morgan fingerprint density at radius 2 is 1.88 bits per heavy atom. The highest BCUT2D eigenvalue weighted by Gasteiger charge is 2.14. The number of amides is 2. The number of rotatable bonds is 9. The molecule has 7 nitrogen and oxygen atoms in total. The summed E-state index contributed by atoms with van der Waals surface area (Å²) in [7, 11) is 0. The van der Waals surface area contributed by atoms with Gasteiger partial charge in [0.05, 0.1) is 18.2 Å². The van der Waals surface area contributed by atoms with E-state index < -0.39 is 0 Å². The maximum absolute atomic E-state index is 12.7. The maximum atomic E-state index is 12.7. The number of nitrogens with one attached hydrogen (secondary N) is 1. The van der Waals surface area contributed by atoms with E-state index in [9.17, 15) is 9.59 Å². The number of carbonyl (C=O) groups is 2. The van der Waals surface area contributed by atoms with Crippen molar-refractivity contribution in [2.45, 2.75) is 20.4 Å². The van der Waals surface area contributed by atoms with Gasteiger partial charge in [-0.05, 0) is 49.7 Å². The van der Waals surface area contributed by atoms with Crippen LogP contribution in [0.25, 0.3) is 0 Å². The number of hydrogen-bond donors (Lipinski definition) is 1. The van der Waals surface area contributed by atoms with Crippen LogP contribution >= 0.6 is 11.6 Å². The molecule has 32 heavy (non-hydrogen) atoms. The SMILES string of the molecule is CCN(CC)C(=O)COc1ccc(NC(=O)c2cccc(CN3CCOCC3)c2)cc1Cl. The summed E-state index contributed by atoms with van der Waals surface area (Å²) < 4.78 is 11.0. The van der Waals surface area contributed by atoms with Gasteiger partial charge < -0.3 is 19.7 Å². The van der Waals surface area contributed by atoms with Crippen molar-refractivity contribution in [3.63, 3.8) is 0 Å². The van der Waals surface area contributed by atoms with Crippen LogP contribution < -0.4 is 10.1 Å². The largest absolute Gasteiger partial charge is 0.482 e. The molecule has 0 saturated carbocycles. The Kier molecular flexibility index (Phi) is 8.90. The maximum Gasteiger partial charge on any atom is 0.260 e. The van der Waals surface area contributed by atoms with E-state index in [-0.39, 0.29) is 18.4 Å². The number of anilines is 1. The molecule has 1 aliphatic heterocycles. The van der Waals surface area contributed by atoms with E-state index >= 15 is 0 Å². The first-order valence-corrected chi connectivity index (χ1v) is 11.3. The molecule has 1 N–H and O–H groups in total. The van der Waals surface area contributed by atoms with Crippen LogP contribution in [0.5, 0.6) is 5.75 Å². The quantitative estimate of drug-likeness (QED) is 0.619. The van der Waals surface area contributed by atoms with Crippen LogP contribution in [0.3, 0.4) is 0 Å². The van der Waals surface area contributed by atoms with Gasteiger partial charge in [-0.1, -0.05) is 23.7 Å². The van der Waals surface area contributed by atoms with Crippen LogP contribution in [0.1, 0.15) is 29.8 Å². The van der Waals surface area contributed by atoms with Crippen molar-refractivity contribution in [2.24, 2.45) is 0 Å². The lowest BCUT2D eigenvalue weighted by molar-refractivity contribution is -0.132. The van der Waals surface area contributed by atoms with Crippen molar-refractivity contribution in [1.82, 2.24) is 9.80 Å². The smallest absolute Gasteiger partial charge is 0.260 e. The average molecular weight is 460 g/mol. The fraction of sp³-hybridized carbons (Fsp3) is 0.417. The van der Waals surface area contributed by atoms with Crippen LogP contribution in [-0.2, 0) is 16.1 Å². The lowest BCUT2D eigenvalue weighted by Crippen LogP contribution is -2.35. The molecule has 0 radical (unpaired) electrons. The molecule has 1 aliphatic rings. The number of morpholine rings is 1. The molecule has 0 atom stereocenters. The highest BCUT2D eigenvalue weighted by Crippen LogP contribution is 2.28. The summed E-state index contributed by atoms with van der Waals surface area (Å²) in [4.78, 5) is 28.8.